The molecule has 94 valence electrons. The van der Waals surface area contributed by atoms with E-state index in [1.807, 2.05) is 11.3 Å². The summed E-state index contributed by atoms with van der Waals surface area (Å²) in [5.74, 6) is 1.78. The maximum atomic E-state index is 3.55. The highest BCUT2D eigenvalue weighted by Gasteiger charge is 2.42. The summed E-state index contributed by atoms with van der Waals surface area (Å²) in [7, 11) is 0. The summed E-state index contributed by atoms with van der Waals surface area (Å²) < 4.78 is 1.25. The van der Waals surface area contributed by atoms with Crippen molar-refractivity contribution in [3.05, 3.63) is 20.8 Å². The molecule has 0 saturated carbocycles. The molecule has 3 unspecified atom stereocenters. The first-order valence-corrected chi connectivity index (χ1v) is 8.08. The molecular formula is C13H19BrN2S. The minimum absolute atomic E-state index is 0.788. The molecule has 1 aromatic rings. The van der Waals surface area contributed by atoms with Gasteiger partial charge < -0.3 is 5.32 Å². The lowest BCUT2D eigenvalue weighted by atomic mass is 9.93. The van der Waals surface area contributed by atoms with Crippen LogP contribution in [0, 0.1) is 11.8 Å². The van der Waals surface area contributed by atoms with Crippen LogP contribution >= 0.6 is 27.3 Å². The van der Waals surface area contributed by atoms with E-state index in [4.69, 9.17) is 0 Å². The Morgan fingerprint density at radius 1 is 1.47 bits per heavy atom. The molecule has 0 aliphatic carbocycles. The fourth-order valence-electron chi connectivity index (χ4n) is 3.49. The molecule has 0 bridgehead atoms. The van der Waals surface area contributed by atoms with Crippen molar-refractivity contribution in [1.82, 2.24) is 10.2 Å². The molecule has 3 atom stereocenters. The van der Waals surface area contributed by atoms with Gasteiger partial charge in [-0.2, -0.15) is 0 Å². The van der Waals surface area contributed by atoms with E-state index < -0.39 is 0 Å². The van der Waals surface area contributed by atoms with Gasteiger partial charge in [-0.1, -0.05) is 6.92 Å². The van der Waals surface area contributed by atoms with Crippen molar-refractivity contribution in [3.8, 4) is 0 Å². The number of likely N-dealkylation sites (tertiary alicyclic amines) is 1. The van der Waals surface area contributed by atoms with Gasteiger partial charge in [-0.25, -0.2) is 0 Å². The second-order valence-corrected chi connectivity index (χ2v) is 7.74. The second kappa shape index (κ2) is 5.00. The fraction of sp³-hybridized carbons (Fsp3) is 0.692. The molecule has 0 amide bonds. The Bertz CT molecular complexity index is 393. The number of rotatable bonds is 3. The Morgan fingerprint density at radius 3 is 3.06 bits per heavy atom. The highest BCUT2D eigenvalue weighted by atomic mass is 79.9. The maximum Gasteiger partial charge on any atom is 0.0701 e. The van der Waals surface area contributed by atoms with E-state index in [0.717, 1.165) is 24.4 Å². The van der Waals surface area contributed by atoms with Crippen LogP contribution in [0.1, 0.15) is 18.2 Å². The van der Waals surface area contributed by atoms with Gasteiger partial charge >= 0.3 is 0 Å². The van der Waals surface area contributed by atoms with Crippen LogP contribution in [0.5, 0.6) is 0 Å². The number of fused-ring (bicyclic) bond motifs is 1. The van der Waals surface area contributed by atoms with Crippen molar-refractivity contribution in [2.24, 2.45) is 11.8 Å². The van der Waals surface area contributed by atoms with Crippen molar-refractivity contribution in [3.63, 3.8) is 0 Å². The number of nitrogens with one attached hydrogen (secondary N) is 1. The molecule has 0 aromatic carbocycles. The molecule has 0 radical (unpaired) electrons. The summed E-state index contributed by atoms with van der Waals surface area (Å²) in [6.07, 6.45) is 1.29. The van der Waals surface area contributed by atoms with Crippen LogP contribution in [0.15, 0.2) is 15.9 Å². The lowest BCUT2D eigenvalue weighted by molar-refractivity contribution is 0.212. The number of halogens is 1. The third-order valence-corrected chi connectivity index (χ3v) is 5.84. The zero-order valence-electron chi connectivity index (χ0n) is 10.2. The molecule has 4 heteroatoms. The van der Waals surface area contributed by atoms with E-state index >= 15 is 0 Å². The Hall–Kier alpha value is 0.1000. The molecule has 17 heavy (non-hydrogen) atoms. The van der Waals surface area contributed by atoms with Crippen LogP contribution in [0.2, 0.25) is 0 Å². The first-order chi connectivity index (χ1) is 8.28. The van der Waals surface area contributed by atoms with Gasteiger partial charge in [0.2, 0.25) is 0 Å². The number of hydrogen-bond acceptors (Lipinski definition) is 3. The molecule has 1 aromatic heterocycles. The van der Waals surface area contributed by atoms with E-state index in [-0.39, 0.29) is 0 Å². The SMILES string of the molecule is CCC1C2CNCC2CN1Cc1ccc(Br)s1. The number of thiophene rings is 1. The first-order valence-electron chi connectivity index (χ1n) is 6.47. The highest BCUT2D eigenvalue weighted by molar-refractivity contribution is 9.11. The van der Waals surface area contributed by atoms with Gasteiger partial charge in [-0.05, 0) is 59.4 Å². The van der Waals surface area contributed by atoms with Crippen molar-refractivity contribution >= 4 is 27.3 Å². The summed E-state index contributed by atoms with van der Waals surface area (Å²) in [6, 6.07) is 5.21. The molecule has 2 aliphatic rings. The minimum Gasteiger partial charge on any atom is -0.316 e. The minimum atomic E-state index is 0.788. The predicted molar refractivity (Wildman–Crippen MR) is 76.4 cm³/mol. The van der Waals surface area contributed by atoms with Gasteiger partial charge in [0.05, 0.1) is 3.79 Å². The fourth-order valence-corrected chi connectivity index (χ4v) is 5.00. The van der Waals surface area contributed by atoms with Gasteiger partial charge in [0.15, 0.2) is 0 Å². The standard InChI is InChI=1S/C13H19BrN2S/c1-2-12-11-6-15-5-9(11)7-16(12)8-10-3-4-13(14)17-10/h3-4,9,11-12,15H,2,5-8H2,1H3. The Kier molecular flexibility index (Phi) is 3.57. The molecule has 2 saturated heterocycles. The van der Waals surface area contributed by atoms with Crippen LogP contribution in [0.3, 0.4) is 0 Å². The second-order valence-electron chi connectivity index (χ2n) is 5.19. The molecule has 3 rings (SSSR count). The normalized spacial score (nSPS) is 33.2. The van der Waals surface area contributed by atoms with E-state index in [0.29, 0.717) is 0 Å². The Labute approximate surface area is 116 Å². The predicted octanol–water partition coefficient (Wildman–Crippen LogP) is 2.94. The lowest BCUT2D eigenvalue weighted by Gasteiger charge is -2.26. The zero-order valence-corrected chi connectivity index (χ0v) is 12.6. The first kappa shape index (κ1) is 12.2. The van der Waals surface area contributed by atoms with Crippen LogP contribution in [0.25, 0.3) is 0 Å². The summed E-state index contributed by atoms with van der Waals surface area (Å²) >= 11 is 5.43. The van der Waals surface area contributed by atoms with Gasteiger partial charge in [0, 0.05) is 24.0 Å². The van der Waals surface area contributed by atoms with E-state index in [1.54, 1.807) is 0 Å². The largest absolute Gasteiger partial charge is 0.316 e. The van der Waals surface area contributed by atoms with E-state index in [9.17, 15) is 0 Å². The van der Waals surface area contributed by atoms with Crippen LogP contribution in [0.4, 0.5) is 0 Å². The lowest BCUT2D eigenvalue weighted by Crippen LogP contribution is -2.34. The van der Waals surface area contributed by atoms with Gasteiger partial charge in [-0.3, -0.25) is 4.90 Å². The van der Waals surface area contributed by atoms with E-state index in [1.165, 1.54) is 34.7 Å². The monoisotopic (exact) mass is 314 g/mol. The summed E-state index contributed by atoms with van der Waals surface area (Å²) in [6.45, 7) is 7.22. The van der Waals surface area contributed by atoms with Gasteiger partial charge in [-0.15, -0.1) is 11.3 Å². The number of hydrogen-bond donors (Lipinski definition) is 1. The molecular weight excluding hydrogens is 296 g/mol. The van der Waals surface area contributed by atoms with Crippen molar-refractivity contribution in [1.29, 1.82) is 0 Å². The van der Waals surface area contributed by atoms with Crippen LogP contribution < -0.4 is 5.32 Å². The summed E-state index contributed by atoms with van der Waals surface area (Å²) in [5.41, 5.74) is 0. The quantitative estimate of drug-likeness (QED) is 0.922. The maximum absolute atomic E-state index is 3.55. The van der Waals surface area contributed by atoms with Crippen molar-refractivity contribution in [2.45, 2.75) is 25.9 Å². The van der Waals surface area contributed by atoms with Gasteiger partial charge in [0.1, 0.15) is 0 Å². The molecule has 0 spiro atoms. The molecule has 2 fully saturated rings. The topological polar surface area (TPSA) is 15.3 Å². The smallest absolute Gasteiger partial charge is 0.0701 e. The Balaban J connectivity index is 1.71. The average Bonchev–Trinajstić information content (AvgIpc) is 2.95. The van der Waals surface area contributed by atoms with Gasteiger partial charge in [0.25, 0.3) is 0 Å². The third kappa shape index (κ3) is 2.33. The highest BCUT2D eigenvalue weighted by Crippen LogP contribution is 2.36. The Morgan fingerprint density at radius 2 is 2.35 bits per heavy atom. The third-order valence-electron chi connectivity index (χ3n) is 4.23. The average molecular weight is 315 g/mol. The number of nitrogens with zero attached hydrogens (tertiary/aromatic N) is 1. The summed E-state index contributed by atoms with van der Waals surface area (Å²) in [4.78, 5) is 4.19. The van der Waals surface area contributed by atoms with Crippen molar-refractivity contribution in [2.75, 3.05) is 19.6 Å². The molecule has 2 nitrogen and oxygen atoms in total. The molecule has 1 N–H and O–H groups in total. The van der Waals surface area contributed by atoms with E-state index in [2.05, 4.69) is 45.2 Å². The van der Waals surface area contributed by atoms with Crippen molar-refractivity contribution < 1.29 is 0 Å². The molecule has 2 aliphatic heterocycles. The zero-order chi connectivity index (χ0) is 11.8. The summed E-state index contributed by atoms with van der Waals surface area (Å²) in [5, 5.41) is 3.55. The van der Waals surface area contributed by atoms with Crippen LogP contribution in [-0.4, -0.2) is 30.6 Å². The van der Waals surface area contributed by atoms with Crippen LogP contribution in [-0.2, 0) is 6.54 Å². The molecule has 3 heterocycles.